The first kappa shape index (κ1) is 10.9. The zero-order chi connectivity index (χ0) is 10.8. The van der Waals surface area contributed by atoms with Crippen molar-refractivity contribution in [2.75, 3.05) is 0 Å². The third-order valence-electron chi connectivity index (χ3n) is 3.71. The Hall–Kier alpha value is -0.570. The van der Waals surface area contributed by atoms with Crippen LogP contribution in [0, 0.1) is 11.8 Å². The van der Waals surface area contributed by atoms with Crippen LogP contribution in [-0.4, -0.2) is 18.0 Å². The Balaban J connectivity index is 1.67. The first-order valence-electron chi connectivity index (χ1n) is 6.20. The molecule has 0 aromatic rings. The summed E-state index contributed by atoms with van der Waals surface area (Å²) in [6, 6.07) is 0.516. The molecule has 0 aromatic heterocycles. The van der Waals surface area contributed by atoms with Gasteiger partial charge >= 0.3 is 0 Å². The van der Waals surface area contributed by atoms with E-state index >= 15 is 0 Å². The molecule has 0 saturated heterocycles. The van der Waals surface area contributed by atoms with E-state index in [0.29, 0.717) is 18.4 Å². The molecule has 2 rings (SSSR count). The van der Waals surface area contributed by atoms with Crippen LogP contribution in [0.4, 0.5) is 0 Å². The number of rotatable bonds is 4. The predicted molar refractivity (Wildman–Crippen MR) is 60.3 cm³/mol. The van der Waals surface area contributed by atoms with Crippen LogP contribution < -0.4 is 11.1 Å². The lowest BCUT2D eigenvalue weighted by Crippen LogP contribution is -2.37. The highest BCUT2D eigenvalue weighted by atomic mass is 16.1. The SMILES string of the molecule is CC1CCC(NC(=O)CC(N)C2CC2)C1. The van der Waals surface area contributed by atoms with Gasteiger partial charge in [0, 0.05) is 18.5 Å². The van der Waals surface area contributed by atoms with E-state index in [-0.39, 0.29) is 11.9 Å². The van der Waals surface area contributed by atoms with Crippen molar-refractivity contribution in [2.45, 2.75) is 57.5 Å². The molecule has 3 unspecified atom stereocenters. The molecule has 0 bridgehead atoms. The van der Waals surface area contributed by atoms with Gasteiger partial charge in [-0.05, 0) is 43.9 Å². The van der Waals surface area contributed by atoms with Crippen LogP contribution >= 0.6 is 0 Å². The van der Waals surface area contributed by atoms with Gasteiger partial charge in [-0.15, -0.1) is 0 Å². The summed E-state index contributed by atoms with van der Waals surface area (Å²) >= 11 is 0. The largest absolute Gasteiger partial charge is 0.353 e. The average molecular weight is 210 g/mol. The van der Waals surface area contributed by atoms with Gasteiger partial charge in [-0.3, -0.25) is 4.79 Å². The zero-order valence-corrected chi connectivity index (χ0v) is 9.54. The molecule has 3 heteroatoms. The fraction of sp³-hybridized carbons (Fsp3) is 0.917. The number of hydrogen-bond donors (Lipinski definition) is 2. The van der Waals surface area contributed by atoms with Crippen molar-refractivity contribution in [3.8, 4) is 0 Å². The Morgan fingerprint density at radius 3 is 2.67 bits per heavy atom. The standard InChI is InChI=1S/C12H22N2O/c1-8-2-5-10(6-8)14-12(15)7-11(13)9-3-4-9/h8-11H,2-7,13H2,1H3,(H,14,15). The van der Waals surface area contributed by atoms with Crippen LogP contribution in [0.15, 0.2) is 0 Å². The lowest BCUT2D eigenvalue weighted by atomic mass is 10.1. The van der Waals surface area contributed by atoms with Crippen LogP contribution in [0.25, 0.3) is 0 Å². The molecule has 2 aliphatic carbocycles. The summed E-state index contributed by atoms with van der Waals surface area (Å²) < 4.78 is 0. The summed E-state index contributed by atoms with van der Waals surface area (Å²) in [7, 11) is 0. The normalized spacial score (nSPS) is 32.7. The van der Waals surface area contributed by atoms with Crippen molar-refractivity contribution in [2.24, 2.45) is 17.6 Å². The van der Waals surface area contributed by atoms with Gasteiger partial charge in [0.15, 0.2) is 0 Å². The number of amides is 1. The average Bonchev–Trinajstić information content (AvgIpc) is 2.92. The van der Waals surface area contributed by atoms with Gasteiger partial charge in [0.1, 0.15) is 0 Å². The Morgan fingerprint density at radius 1 is 1.40 bits per heavy atom. The van der Waals surface area contributed by atoms with E-state index < -0.39 is 0 Å². The fourth-order valence-corrected chi connectivity index (χ4v) is 2.53. The smallest absolute Gasteiger partial charge is 0.221 e. The molecule has 2 fully saturated rings. The topological polar surface area (TPSA) is 55.1 Å². The highest BCUT2D eigenvalue weighted by Gasteiger charge is 2.30. The first-order valence-corrected chi connectivity index (χ1v) is 6.20. The molecule has 3 nitrogen and oxygen atoms in total. The maximum Gasteiger partial charge on any atom is 0.221 e. The lowest BCUT2D eigenvalue weighted by molar-refractivity contribution is -0.122. The Morgan fingerprint density at radius 2 is 2.13 bits per heavy atom. The quantitative estimate of drug-likeness (QED) is 0.737. The zero-order valence-electron chi connectivity index (χ0n) is 9.54. The van der Waals surface area contributed by atoms with Crippen molar-refractivity contribution in [3.05, 3.63) is 0 Å². The molecule has 0 aromatic carbocycles. The summed E-state index contributed by atoms with van der Waals surface area (Å²) in [6.07, 6.45) is 6.50. The van der Waals surface area contributed by atoms with Gasteiger partial charge in [0.2, 0.25) is 5.91 Å². The van der Waals surface area contributed by atoms with E-state index in [0.717, 1.165) is 18.8 Å². The highest BCUT2D eigenvalue weighted by Crippen LogP contribution is 2.32. The molecule has 86 valence electrons. The van der Waals surface area contributed by atoms with E-state index in [2.05, 4.69) is 12.2 Å². The maximum atomic E-state index is 11.7. The van der Waals surface area contributed by atoms with Crippen molar-refractivity contribution < 1.29 is 4.79 Å². The predicted octanol–water partition coefficient (Wildman–Crippen LogP) is 1.42. The molecule has 2 saturated carbocycles. The van der Waals surface area contributed by atoms with Crippen molar-refractivity contribution in [3.63, 3.8) is 0 Å². The number of hydrogen-bond acceptors (Lipinski definition) is 2. The molecule has 1 amide bonds. The van der Waals surface area contributed by atoms with Crippen molar-refractivity contribution in [1.82, 2.24) is 5.32 Å². The van der Waals surface area contributed by atoms with E-state index in [1.165, 1.54) is 19.3 Å². The summed E-state index contributed by atoms with van der Waals surface area (Å²) in [5.41, 5.74) is 5.92. The highest BCUT2D eigenvalue weighted by molar-refractivity contribution is 5.77. The van der Waals surface area contributed by atoms with E-state index in [4.69, 9.17) is 5.73 Å². The molecule has 3 N–H and O–H groups in total. The lowest BCUT2D eigenvalue weighted by Gasteiger charge is -2.15. The Labute approximate surface area is 91.8 Å². The molecular formula is C12H22N2O. The second-order valence-electron chi connectivity index (χ2n) is 5.39. The van der Waals surface area contributed by atoms with Gasteiger partial charge in [-0.2, -0.15) is 0 Å². The molecule has 0 heterocycles. The van der Waals surface area contributed by atoms with Gasteiger partial charge in [-0.1, -0.05) is 6.92 Å². The van der Waals surface area contributed by atoms with E-state index in [1.54, 1.807) is 0 Å². The van der Waals surface area contributed by atoms with Crippen LogP contribution in [-0.2, 0) is 4.79 Å². The van der Waals surface area contributed by atoms with Crippen LogP contribution in [0.3, 0.4) is 0 Å². The molecule has 0 spiro atoms. The maximum absolute atomic E-state index is 11.7. The number of carbonyl (C=O) groups excluding carboxylic acids is 1. The van der Waals surface area contributed by atoms with Crippen LogP contribution in [0.1, 0.15) is 45.4 Å². The first-order chi connectivity index (χ1) is 7.15. The van der Waals surface area contributed by atoms with Gasteiger partial charge < -0.3 is 11.1 Å². The third-order valence-corrected chi connectivity index (χ3v) is 3.71. The van der Waals surface area contributed by atoms with E-state index in [1.807, 2.05) is 0 Å². The molecule has 3 atom stereocenters. The summed E-state index contributed by atoms with van der Waals surface area (Å²) in [4.78, 5) is 11.7. The minimum atomic E-state index is 0.101. The molecular weight excluding hydrogens is 188 g/mol. The third kappa shape index (κ3) is 3.20. The van der Waals surface area contributed by atoms with Crippen LogP contribution in [0.2, 0.25) is 0 Å². The van der Waals surface area contributed by atoms with Crippen LogP contribution in [0.5, 0.6) is 0 Å². The Kier molecular flexibility index (Phi) is 3.29. The van der Waals surface area contributed by atoms with E-state index in [9.17, 15) is 4.79 Å². The second kappa shape index (κ2) is 4.52. The fourth-order valence-electron chi connectivity index (χ4n) is 2.53. The summed E-state index contributed by atoms with van der Waals surface area (Å²) in [5.74, 6) is 1.55. The monoisotopic (exact) mass is 210 g/mol. The van der Waals surface area contributed by atoms with Gasteiger partial charge in [-0.25, -0.2) is 0 Å². The molecule has 15 heavy (non-hydrogen) atoms. The number of nitrogens with two attached hydrogens (primary N) is 1. The molecule has 0 radical (unpaired) electrons. The second-order valence-corrected chi connectivity index (χ2v) is 5.39. The van der Waals surface area contributed by atoms with Gasteiger partial charge in [0.25, 0.3) is 0 Å². The summed E-state index contributed by atoms with van der Waals surface area (Å²) in [5, 5.41) is 3.10. The summed E-state index contributed by atoms with van der Waals surface area (Å²) in [6.45, 7) is 2.25. The Bertz CT molecular complexity index is 238. The minimum absolute atomic E-state index is 0.101. The van der Waals surface area contributed by atoms with Gasteiger partial charge in [0.05, 0.1) is 0 Å². The number of nitrogens with one attached hydrogen (secondary N) is 1. The minimum Gasteiger partial charge on any atom is -0.353 e. The van der Waals surface area contributed by atoms with Crippen molar-refractivity contribution >= 4 is 5.91 Å². The molecule has 0 aliphatic heterocycles. The van der Waals surface area contributed by atoms with Crippen molar-refractivity contribution in [1.29, 1.82) is 0 Å². The number of carbonyl (C=O) groups is 1. The molecule has 2 aliphatic rings.